The van der Waals surface area contributed by atoms with Gasteiger partial charge in [-0.1, -0.05) is 32.0 Å². The molecule has 0 spiro atoms. The Morgan fingerprint density at radius 2 is 1.74 bits per heavy atom. The van der Waals surface area contributed by atoms with E-state index in [0.717, 1.165) is 5.69 Å². The van der Waals surface area contributed by atoms with E-state index in [1.165, 1.54) is 0 Å². The third-order valence-corrected chi connectivity index (χ3v) is 2.82. The maximum Gasteiger partial charge on any atom is 0.408 e. The highest BCUT2D eigenvalue weighted by molar-refractivity contribution is 5.86. The van der Waals surface area contributed by atoms with Crippen LogP contribution in [0.25, 0.3) is 0 Å². The van der Waals surface area contributed by atoms with Gasteiger partial charge in [-0.3, -0.25) is 15.6 Å². The van der Waals surface area contributed by atoms with Crippen molar-refractivity contribution in [3.63, 3.8) is 0 Å². The van der Waals surface area contributed by atoms with Crippen molar-refractivity contribution in [1.82, 2.24) is 10.7 Å². The number of rotatable bonds is 6. The summed E-state index contributed by atoms with van der Waals surface area (Å²) in [7, 11) is 0. The molecule has 0 aliphatic rings. The quantitative estimate of drug-likeness (QED) is 0.704. The van der Waals surface area contributed by atoms with Crippen LogP contribution in [0.2, 0.25) is 0 Å². The molecule has 2 amide bonds. The fraction of sp³-hybridized carbons (Fsp3) is 0.529. The summed E-state index contributed by atoms with van der Waals surface area (Å²) >= 11 is 0. The summed E-state index contributed by atoms with van der Waals surface area (Å²) < 4.78 is 5.21. The van der Waals surface area contributed by atoms with Gasteiger partial charge < -0.3 is 10.1 Å². The van der Waals surface area contributed by atoms with Crippen LogP contribution >= 0.6 is 0 Å². The second-order valence-electron chi connectivity index (χ2n) is 6.81. The van der Waals surface area contributed by atoms with E-state index in [1.807, 2.05) is 44.2 Å². The molecule has 1 aromatic rings. The highest BCUT2D eigenvalue weighted by Gasteiger charge is 2.25. The summed E-state index contributed by atoms with van der Waals surface area (Å²) in [6.07, 6.45) is -0.0836. The van der Waals surface area contributed by atoms with Gasteiger partial charge in [-0.05, 0) is 45.2 Å². The Labute approximate surface area is 138 Å². The molecule has 6 nitrogen and oxygen atoms in total. The summed E-state index contributed by atoms with van der Waals surface area (Å²) in [4.78, 5) is 24.2. The average molecular weight is 321 g/mol. The molecule has 0 aliphatic heterocycles. The molecule has 1 unspecified atom stereocenters. The van der Waals surface area contributed by atoms with Crippen molar-refractivity contribution in [2.45, 2.75) is 52.7 Å². The molecule has 1 aromatic carbocycles. The molecular formula is C17H27N3O3. The second kappa shape index (κ2) is 8.41. The van der Waals surface area contributed by atoms with Crippen LogP contribution in [-0.4, -0.2) is 23.6 Å². The van der Waals surface area contributed by atoms with Crippen molar-refractivity contribution < 1.29 is 14.3 Å². The summed E-state index contributed by atoms with van der Waals surface area (Å²) in [6, 6.07) is 8.61. The normalized spacial score (nSPS) is 12.4. The van der Waals surface area contributed by atoms with Crippen molar-refractivity contribution >= 4 is 17.7 Å². The number of hydrogen-bond acceptors (Lipinski definition) is 4. The van der Waals surface area contributed by atoms with Gasteiger partial charge >= 0.3 is 6.09 Å². The molecule has 0 saturated carbocycles. The number of anilines is 1. The van der Waals surface area contributed by atoms with Crippen LogP contribution in [-0.2, 0) is 9.53 Å². The fourth-order valence-electron chi connectivity index (χ4n) is 1.90. The standard InChI is InChI=1S/C17H27N3O3/c1-12(2)11-14(18-16(22)23-17(3,4)5)15(21)20-19-13-9-7-6-8-10-13/h6-10,12,14,19H,11H2,1-5H3,(H,18,22)(H,20,21). The molecule has 0 aliphatic carbocycles. The molecule has 6 heteroatoms. The Balaban J connectivity index is 2.61. The highest BCUT2D eigenvalue weighted by atomic mass is 16.6. The number of carbonyl (C=O) groups excluding carboxylic acids is 2. The Morgan fingerprint density at radius 1 is 1.13 bits per heavy atom. The molecule has 128 valence electrons. The van der Waals surface area contributed by atoms with E-state index in [2.05, 4.69) is 16.2 Å². The molecule has 1 rings (SSSR count). The first-order valence-electron chi connectivity index (χ1n) is 7.78. The Bertz CT molecular complexity index is 510. The summed E-state index contributed by atoms with van der Waals surface area (Å²) in [5.41, 5.74) is 5.60. The predicted molar refractivity (Wildman–Crippen MR) is 90.8 cm³/mol. The third kappa shape index (κ3) is 8.09. The van der Waals surface area contributed by atoms with Gasteiger partial charge in [-0.2, -0.15) is 0 Å². The second-order valence-corrected chi connectivity index (χ2v) is 6.81. The Morgan fingerprint density at radius 3 is 2.26 bits per heavy atom. The maximum absolute atomic E-state index is 12.3. The number of benzene rings is 1. The topological polar surface area (TPSA) is 79.5 Å². The van der Waals surface area contributed by atoms with E-state index in [0.29, 0.717) is 6.42 Å². The van der Waals surface area contributed by atoms with Gasteiger partial charge in [-0.15, -0.1) is 0 Å². The molecule has 0 fully saturated rings. The minimum absolute atomic E-state index is 0.248. The van der Waals surface area contributed by atoms with E-state index in [-0.39, 0.29) is 11.8 Å². The number of ether oxygens (including phenoxy) is 1. The van der Waals surface area contributed by atoms with Crippen molar-refractivity contribution in [2.24, 2.45) is 5.92 Å². The maximum atomic E-state index is 12.3. The number of hydrazine groups is 1. The Hall–Kier alpha value is -2.24. The molecule has 0 bridgehead atoms. The number of para-hydroxylation sites is 1. The van der Waals surface area contributed by atoms with Crippen LogP contribution < -0.4 is 16.2 Å². The zero-order chi connectivity index (χ0) is 17.5. The van der Waals surface area contributed by atoms with Gasteiger partial charge in [0.05, 0.1) is 5.69 Å². The molecule has 23 heavy (non-hydrogen) atoms. The monoisotopic (exact) mass is 321 g/mol. The molecule has 0 radical (unpaired) electrons. The number of carbonyl (C=O) groups is 2. The lowest BCUT2D eigenvalue weighted by molar-refractivity contribution is -0.123. The number of amides is 2. The van der Waals surface area contributed by atoms with E-state index < -0.39 is 17.7 Å². The van der Waals surface area contributed by atoms with Crippen LogP contribution in [0.3, 0.4) is 0 Å². The predicted octanol–water partition coefficient (Wildman–Crippen LogP) is 3.07. The van der Waals surface area contributed by atoms with Crippen LogP contribution in [0.4, 0.5) is 10.5 Å². The van der Waals surface area contributed by atoms with Crippen molar-refractivity contribution in [3.05, 3.63) is 30.3 Å². The largest absolute Gasteiger partial charge is 0.444 e. The van der Waals surface area contributed by atoms with Gasteiger partial charge in [0.15, 0.2) is 0 Å². The molecule has 3 N–H and O–H groups in total. The lowest BCUT2D eigenvalue weighted by Crippen LogP contribution is -2.50. The molecule has 1 atom stereocenters. The highest BCUT2D eigenvalue weighted by Crippen LogP contribution is 2.10. The van der Waals surface area contributed by atoms with Gasteiger partial charge in [-0.25, -0.2) is 4.79 Å². The first-order valence-corrected chi connectivity index (χ1v) is 7.78. The first kappa shape index (κ1) is 18.8. The minimum atomic E-state index is -0.666. The summed E-state index contributed by atoms with van der Waals surface area (Å²) in [6.45, 7) is 9.31. The van der Waals surface area contributed by atoms with Crippen LogP contribution in [0, 0.1) is 5.92 Å². The van der Waals surface area contributed by atoms with Crippen LogP contribution in [0.1, 0.15) is 41.0 Å². The zero-order valence-electron chi connectivity index (χ0n) is 14.5. The smallest absolute Gasteiger partial charge is 0.408 e. The van der Waals surface area contributed by atoms with E-state index in [4.69, 9.17) is 4.74 Å². The van der Waals surface area contributed by atoms with Crippen molar-refractivity contribution in [2.75, 3.05) is 5.43 Å². The SMILES string of the molecule is CC(C)CC(NC(=O)OC(C)(C)C)C(=O)NNc1ccccc1. The number of nitrogens with one attached hydrogen (secondary N) is 3. The van der Waals surface area contributed by atoms with E-state index in [1.54, 1.807) is 20.8 Å². The van der Waals surface area contributed by atoms with Crippen molar-refractivity contribution in [3.8, 4) is 0 Å². The third-order valence-electron chi connectivity index (χ3n) is 2.82. The number of hydrogen-bond donors (Lipinski definition) is 3. The van der Waals surface area contributed by atoms with Gasteiger partial charge in [0, 0.05) is 0 Å². The molecule has 0 heterocycles. The average Bonchev–Trinajstić information content (AvgIpc) is 2.42. The van der Waals surface area contributed by atoms with Gasteiger partial charge in [0.25, 0.3) is 5.91 Å². The van der Waals surface area contributed by atoms with Gasteiger partial charge in [0.2, 0.25) is 0 Å². The molecule has 0 aromatic heterocycles. The summed E-state index contributed by atoms with van der Waals surface area (Å²) in [5.74, 6) is -0.0641. The van der Waals surface area contributed by atoms with E-state index in [9.17, 15) is 9.59 Å². The minimum Gasteiger partial charge on any atom is -0.444 e. The Kier molecular flexibility index (Phi) is 6.88. The number of alkyl carbamates (subject to hydrolysis) is 1. The summed E-state index contributed by atoms with van der Waals surface area (Å²) in [5, 5.41) is 2.63. The van der Waals surface area contributed by atoms with Crippen LogP contribution in [0.15, 0.2) is 30.3 Å². The van der Waals surface area contributed by atoms with Crippen LogP contribution in [0.5, 0.6) is 0 Å². The lowest BCUT2D eigenvalue weighted by Gasteiger charge is -2.24. The lowest BCUT2D eigenvalue weighted by atomic mass is 10.0. The van der Waals surface area contributed by atoms with E-state index >= 15 is 0 Å². The molecular weight excluding hydrogens is 294 g/mol. The first-order chi connectivity index (χ1) is 10.7. The fourth-order valence-corrected chi connectivity index (χ4v) is 1.90. The van der Waals surface area contributed by atoms with Gasteiger partial charge in [0.1, 0.15) is 11.6 Å². The molecule has 0 saturated heterocycles. The zero-order valence-corrected chi connectivity index (χ0v) is 14.5. The van der Waals surface area contributed by atoms with Crippen molar-refractivity contribution in [1.29, 1.82) is 0 Å².